The van der Waals surface area contributed by atoms with Crippen LogP contribution in [0.2, 0.25) is 0 Å². The number of aliphatic hydroxyl groups excluding tert-OH is 1. The van der Waals surface area contributed by atoms with Crippen LogP contribution in [0, 0.1) is 0 Å². The molecule has 134 valence electrons. The second-order valence-corrected chi connectivity index (χ2v) is 6.33. The third-order valence-electron chi connectivity index (χ3n) is 4.65. The van der Waals surface area contributed by atoms with Crippen molar-refractivity contribution < 1.29 is 19.1 Å². The van der Waals surface area contributed by atoms with Gasteiger partial charge in [-0.3, -0.25) is 4.90 Å². The molecule has 1 fully saturated rings. The van der Waals surface area contributed by atoms with Crippen LogP contribution < -0.4 is 4.90 Å². The predicted octanol–water partition coefficient (Wildman–Crippen LogP) is 2.27. The predicted molar refractivity (Wildman–Crippen MR) is 94.5 cm³/mol. The Balaban J connectivity index is 1.60. The van der Waals surface area contributed by atoms with Crippen molar-refractivity contribution in [3.63, 3.8) is 0 Å². The van der Waals surface area contributed by atoms with Gasteiger partial charge in [-0.05, 0) is 43.3 Å². The van der Waals surface area contributed by atoms with E-state index in [1.165, 1.54) is 7.11 Å². The number of anilines is 1. The number of furan rings is 1. The molecule has 1 aromatic heterocycles. The lowest BCUT2D eigenvalue weighted by Crippen LogP contribution is -2.51. The first-order valence-electron chi connectivity index (χ1n) is 8.46. The smallest absolute Gasteiger partial charge is 0.337 e. The molecule has 1 aromatic carbocycles. The van der Waals surface area contributed by atoms with Crippen molar-refractivity contribution in [3.05, 3.63) is 53.5 Å². The van der Waals surface area contributed by atoms with Gasteiger partial charge in [-0.15, -0.1) is 0 Å². The third-order valence-corrected chi connectivity index (χ3v) is 4.65. The highest BCUT2D eigenvalue weighted by Gasteiger charge is 2.24. The maximum Gasteiger partial charge on any atom is 0.337 e. The molecule has 1 aliphatic rings. The van der Waals surface area contributed by atoms with Gasteiger partial charge < -0.3 is 19.2 Å². The van der Waals surface area contributed by atoms with Crippen LogP contribution in [0.25, 0.3) is 0 Å². The van der Waals surface area contributed by atoms with E-state index in [-0.39, 0.29) is 12.6 Å². The van der Waals surface area contributed by atoms with Gasteiger partial charge in [0.15, 0.2) is 0 Å². The fraction of sp³-hybridized carbons (Fsp3) is 0.421. The standard InChI is InChI=1S/C19H24N2O4/c1-14-11-21(16-5-3-15(4-6-16)19(23)24-2)10-9-20(14)12-17-7-8-18(13-22)25-17/h3-8,14,22H,9-13H2,1-2H3/t14-/m1/s1. The summed E-state index contributed by atoms with van der Waals surface area (Å²) in [6.07, 6.45) is 0. The van der Waals surface area contributed by atoms with Gasteiger partial charge in [0, 0.05) is 31.4 Å². The number of aliphatic hydroxyl groups is 1. The van der Waals surface area contributed by atoms with Crippen molar-refractivity contribution in [2.75, 3.05) is 31.6 Å². The first-order chi connectivity index (χ1) is 12.1. The molecule has 0 spiro atoms. The van der Waals surface area contributed by atoms with Crippen molar-refractivity contribution in [2.24, 2.45) is 0 Å². The zero-order valence-corrected chi connectivity index (χ0v) is 14.6. The molecule has 25 heavy (non-hydrogen) atoms. The Morgan fingerprint density at radius 1 is 1.20 bits per heavy atom. The molecule has 2 heterocycles. The van der Waals surface area contributed by atoms with Crippen LogP contribution in [0.4, 0.5) is 5.69 Å². The van der Waals surface area contributed by atoms with Crippen molar-refractivity contribution in [1.82, 2.24) is 4.90 Å². The summed E-state index contributed by atoms with van der Waals surface area (Å²) in [6, 6.07) is 11.7. The molecule has 0 saturated carbocycles. The maximum absolute atomic E-state index is 11.5. The van der Waals surface area contributed by atoms with Crippen LogP contribution in [0.1, 0.15) is 28.8 Å². The number of rotatable bonds is 5. The lowest BCUT2D eigenvalue weighted by molar-refractivity contribution is 0.0600. The van der Waals surface area contributed by atoms with Gasteiger partial charge >= 0.3 is 5.97 Å². The Kier molecular flexibility index (Phi) is 5.40. The van der Waals surface area contributed by atoms with E-state index >= 15 is 0 Å². The number of hydrogen-bond donors (Lipinski definition) is 1. The Morgan fingerprint density at radius 3 is 2.52 bits per heavy atom. The summed E-state index contributed by atoms with van der Waals surface area (Å²) in [6.45, 7) is 5.63. The van der Waals surface area contributed by atoms with Gasteiger partial charge in [0.05, 0.1) is 19.2 Å². The summed E-state index contributed by atoms with van der Waals surface area (Å²) < 4.78 is 10.3. The average Bonchev–Trinajstić information content (AvgIpc) is 3.10. The topological polar surface area (TPSA) is 66.2 Å². The van der Waals surface area contributed by atoms with E-state index in [0.29, 0.717) is 17.4 Å². The number of ether oxygens (including phenoxy) is 1. The van der Waals surface area contributed by atoms with Crippen LogP contribution in [-0.2, 0) is 17.9 Å². The van der Waals surface area contributed by atoms with E-state index in [1.54, 1.807) is 12.1 Å². The molecule has 0 aliphatic carbocycles. The number of hydrogen-bond acceptors (Lipinski definition) is 6. The van der Waals surface area contributed by atoms with E-state index in [2.05, 4.69) is 16.7 Å². The second kappa shape index (κ2) is 7.72. The van der Waals surface area contributed by atoms with Gasteiger partial charge in [0.25, 0.3) is 0 Å². The lowest BCUT2D eigenvalue weighted by Gasteiger charge is -2.40. The number of carbonyl (C=O) groups excluding carboxylic acids is 1. The molecule has 6 nitrogen and oxygen atoms in total. The Bertz CT molecular complexity index is 710. The Hall–Kier alpha value is -2.31. The third kappa shape index (κ3) is 4.03. The minimum absolute atomic E-state index is 0.0646. The molecule has 1 N–H and O–H groups in total. The minimum atomic E-state index is -0.314. The average molecular weight is 344 g/mol. The summed E-state index contributed by atoms with van der Waals surface area (Å²) in [5.74, 6) is 1.17. The number of carbonyl (C=O) groups is 1. The molecule has 0 amide bonds. The van der Waals surface area contributed by atoms with E-state index in [4.69, 9.17) is 14.3 Å². The molecule has 1 aliphatic heterocycles. The molecule has 3 rings (SSSR count). The zero-order chi connectivity index (χ0) is 17.8. The number of methoxy groups -OCH3 is 1. The molecule has 1 atom stereocenters. The highest BCUT2D eigenvalue weighted by Crippen LogP contribution is 2.22. The summed E-state index contributed by atoms with van der Waals surface area (Å²) in [5, 5.41) is 9.10. The highest BCUT2D eigenvalue weighted by atomic mass is 16.5. The van der Waals surface area contributed by atoms with Crippen molar-refractivity contribution in [1.29, 1.82) is 0 Å². The normalized spacial score (nSPS) is 18.4. The Morgan fingerprint density at radius 2 is 1.92 bits per heavy atom. The molecule has 1 saturated heterocycles. The lowest BCUT2D eigenvalue weighted by atomic mass is 10.1. The largest absolute Gasteiger partial charge is 0.465 e. The summed E-state index contributed by atoms with van der Waals surface area (Å²) >= 11 is 0. The number of esters is 1. The molecule has 6 heteroatoms. The highest BCUT2D eigenvalue weighted by molar-refractivity contribution is 5.89. The van der Waals surface area contributed by atoms with Crippen LogP contribution in [0.3, 0.4) is 0 Å². The summed E-state index contributed by atoms with van der Waals surface area (Å²) in [4.78, 5) is 16.2. The number of benzene rings is 1. The molecule has 2 aromatic rings. The second-order valence-electron chi connectivity index (χ2n) is 6.33. The quantitative estimate of drug-likeness (QED) is 0.840. The van der Waals surface area contributed by atoms with Crippen molar-refractivity contribution in [2.45, 2.75) is 26.1 Å². The van der Waals surface area contributed by atoms with Crippen LogP contribution in [-0.4, -0.2) is 48.8 Å². The number of piperazine rings is 1. The van der Waals surface area contributed by atoms with E-state index < -0.39 is 0 Å². The van der Waals surface area contributed by atoms with Gasteiger partial charge in [-0.1, -0.05) is 0 Å². The van der Waals surface area contributed by atoms with Gasteiger partial charge in [0.2, 0.25) is 0 Å². The minimum Gasteiger partial charge on any atom is -0.465 e. The van der Waals surface area contributed by atoms with Crippen LogP contribution >= 0.6 is 0 Å². The van der Waals surface area contributed by atoms with E-state index in [0.717, 1.165) is 37.6 Å². The summed E-state index contributed by atoms with van der Waals surface area (Å²) in [5.41, 5.74) is 1.68. The fourth-order valence-corrected chi connectivity index (χ4v) is 3.18. The fourth-order valence-electron chi connectivity index (χ4n) is 3.18. The van der Waals surface area contributed by atoms with Crippen LogP contribution in [0.5, 0.6) is 0 Å². The zero-order valence-electron chi connectivity index (χ0n) is 14.6. The molecule has 0 unspecified atom stereocenters. The first-order valence-corrected chi connectivity index (χ1v) is 8.46. The summed E-state index contributed by atoms with van der Waals surface area (Å²) in [7, 11) is 1.39. The monoisotopic (exact) mass is 344 g/mol. The SMILES string of the molecule is COC(=O)c1ccc(N2CCN(Cc3ccc(CO)o3)[C@H](C)C2)cc1. The first kappa shape index (κ1) is 17.5. The van der Waals surface area contributed by atoms with Gasteiger partial charge in [-0.2, -0.15) is 0 Å². The van der Waals surface area contributed by atoms with Gasteiger partial charge in [0.1, 0.15) is 18.1 Å². The molecular formula is C19H24N2O4. The van der Waals surface area contributed by atoms with Gasteiger partial charge in [-0.25, -0.2) is 4.79 Å². The number of nitrogens with zero attached hydrogens (tertiary/aromatic N) is 2. The molecule has 0 radical (unpaired) electrons. The maximum atomic E-state index is 11.5. The molecule has 0 bridgehead atoms. The van der Waals surface area contributed by atoms with Crippen molar-refractivity contribution >= 4 is 11.7 Å². The van der Waals surface area contributed by atoms with Crippen LogP contribution in [0.15, 0.2) is 40.8 Å². The van der Waals surface area contributed by atoms with Crippen molar-refractivity contribution in [3.8, 4) is 0 Å². The van der Waals surface area contributed by atoms with E-state index in [9.17, 15) is 4.79 Å². The molecular weight excluding hydrogens is 320 g/mol. The Labute approximate surface area is 147 Å². The van der Waals surface area contributed by atoms with E-state index in [1.807, 2.05) is 24.3 Å².